The Labute approximate surface area is 152 Å². The molecule has 0 fully saturated rings. The lowest BCUT2D eigenvalue weighted by molar-refractivity contribution is -0.122. The molecular formula is C20H24N2O4. The van der Waals surface area contributed by atoms with E-state index in [0.717, 1.165) is 5.56 Å². The molecule has 138 valence electrons. The molecule has 6 nitrogen and oxygen atoms in total. The van der Waals surface area contributed by atoms with E-state index in [1.54, 1.807) is 12.1 Å². The van der Waals surface area contributed by atoms with Crippen molar-refractivity contribution >= 4 is 11.8 Å². The molecule has 2 amide bonds. The number of primary amides is 2. The number of aliphatic hydroxyl groups is 1. The third kappa shape index (κ3) is 5.32. The Balaban J connectivity index is 2.04. The van der Waals surface area contributed by atoms with Crippen molar-refractivity contribution in [3.05, 3.63) is 65.2 Å². The Morgan fingerprint density at radius 3 is 2.31 bits per heavy atom. The van der Waals surface area contributed by atoms with Crippen LogP contribution >= 0.6 is 0 Å². The van der Waals surface area contributed by atoms with Crippen molar-refractivity contribution in [2.75, 3.05) is 0 Å². The summed E-state index contributed by atoms with van der Waals surface area (Å²) in [6.45, 7) is 0. The highest BCUT2D eigenvalue weighted by atomic mass is 16.3. The average Bonchev–Trinajstić information content (AvgIpc) is 2.60. The van der Waals surface area contributed by atoms with Crippen LogP contribution in [0.2, 0.25) is 0 Å². The first-order valence-corrected chi connectivity index (χ1v) is 8.50. The lowest BCUT2D eigenvalue weighted by Crippen LogP contribution is -2.30. The zero-order valence-electron chi connectivity index (χ0n) is 14.5. The molecule has 0 saturated carbocycles. The van der Waals surface area contributed by atoms with E-state index in [-0.39, 0.29) is 24.2 Å². The van der Waals surface area contributed by atoms with Crippen molar-refractivity contribution in [1.29, 1.82) is 0 Å². The van der Waals surface area contributed by atoms with Crippen molar-refractivity contribution in [3.63, 3.8) is 0 Å². The Morgan fingerprint density at radius 2 is 1.69 bits per heavy atom. The lowest BCUT2D eigenvalue weighted by Gasteiger charge is -2.19. The fourth-order valence-electron chi connectivity index (χ4n) is 3.03. The van der Waals surface area contributed by atoms with Gasteiger partial charge in [-0.1, -0.05) is 42.5 Å². The van der Waals surface area contributed by atoms with Gasteiger partial charge in [0.1, 0.15) is 5.75 Å². The van der Waals surface area contributed by atoms with Crippen LogP contribution in [0, 0.1) is 5.92 Å². The number of amides is 2. The van der Waals surface area contributed by atoms with Crippen LogP contribution in [0.15, 0.2) is 48.5 Å². The second kappa shape index (κ2) is 9.01. The molecule has 0 bridgehead atoms. The number of aromatic hydroxyl groups is 1. The van der Waals surface area contributed by atoms with Gasteiger partial charge in [-0.3, -0.25) is 9.59 Å². The van der Waals surface area contributed by atoms with Gasteiger partial charge in [-0.25, -0.2) is 0 Å². The van der Waals surface area contributed by atoms with Crippen LogP contribution in [-0.2, 0) is 17.6 Å². The number of rotatable bonds is 9. The van der Waals surface area contributed by atoms with Crippen LogP contribution in [0.5, 0.6) is 5.75 Å². The van der Waals surface area contributed by atoms with Crippen LogP contribution in [0.3, 0.4) is 0 Å². The van der Waals surface area contributed by atoms with E-state index in [0.29, 0.717) is 18.4 Å². The lowest BCUT2D eigenvalue weighted by atomic mass is 9.89. The van der Waals surface area contributed by atoms with Gasteiger partial charge in [-0.05, 0) is 42.9 Å². The highest BCUT2D eigenvalue weighted by Gasteiger charge is 2.23. The number of aliphatic hydroxyl groups excluding tert-OH is 1. The van der Waals surface area contributed by atoms with Crippen LogP contribution < -0.4 is 11.5 Å². The zero-order valence-corrected chi connectivity index (χ0v) is 14.5. The monoisotopic (exact) mass is 356 g/mol. The summed E-state index contributed by atoms with van der Waals surface area (Å²) in [5.74, 6) is -2.24. The molecule has 2 atom stereocenters. The molecule has 0 aliphatic carbocycles. The third-order valence-electron chi connectivity index (χ3n) is 4.41. The number of carbonyl (C=O) groups excluding carboxylic acids is 2. The maximum absolute atomic E-state index is 11.8. The van der Waals surface area contributed by atoms with E-state index in [9.17, 15) is 19.8 Å². The van der Waals surface area contributed by atoms with Gasteiger partial charge in [0, 0.05) is 5.92 Å². The number of phenols is 1. The Hall–Kier alpha value is -2.86. The highest BCUT2D eigenvalue weighted by molar-refractivity contribution is 5.97. The normalized spacial score (nSPS) is 13.1. The maximum atomic E-state index is 11.8. The Bertz CT molecular complexity index is 762. The predicted molar refractivity (Wildman–Crippen MR) is 98.4 cm³/mol. The van der Waals surface area contributed by atoms with Crippen LogP contribution in [-0.4, -0.2) is 28.1 Å². The van der Waals surface area contributed by atoms with Crippen LogP contribution in [0.25, 0.3) is 0 Å². The number of carbonyl (C=O) groups is 2. The van der Waals surface area contributed by atoms with E-state index in [4.69, 9.17) is 11.5 Å². The first-order chi connectivity index (χ1) is 12.4. The smallest absolute Gasteiger partial charge is 0.252 e. The zero-order chi connectivity index (χ0) is 19.1. The predicted octanol–water partition coefficient (Wildman–Crippen LogP) is 1.52. The molecule has 2 aromatic rings. The van der Waals surface area contributed by atoms with Crippen molar-refractivity contribution in [3.8, 4) is 5.75 Å². The van der Waals surface area contributed by atoms with E-state index < -0.39 is 23.8 Å². The van der Waals surface area contributed by atoms with Crippen LogP contribution in [0.4, 0.5) is 0 Å². The summed E-state index contributed by atoms with van der Waals surface area (Å²) in [5.41, 5.74) is 12.3. The summed E-state index contributed by atoms with van der Waals surface area (Å²) in [5, 5.41) is 20.1. The van der Waals surface area contributed by atoms with Gasteiger partial charge in [0.15, 0.2) is 0 Å². The largest absolute Gasteiger partial charge is 0.507 e. The summed E-state index contributed by atoms with van der Waals surface area (Å²) >= 11 is 0. The minimum Gasteiger partial charge on any atom is -0.507 e. The first kappa shape index (κ1) is 19.5. The molecule has 6 heteroatoms. The third-order valence-corrected chi connectivity index (χ3v) is 4.41. The Morgan fingerprint density at radius 1 is 1.00 bits per heavy atom. The van der Waals surface area contributed by atoms with Gasteiger partial charge in [0.25, 0.3) is 5.91 Å². The molecule has 26 heavy (non-hydrogen) atoms. The summed E-state index contributed by atoms with van der Waals surface area (Å²) in [7, 11) is 0. The standard InChI is InChI=1S/C20H24N2O4/c21-19(25)15(11-14-7-4-8-17(24)18(14)20(22)26)12-16(23)10-9-13-5-2-1-3-6-13/h1-8,15-16,23-24H,9-12H2,(H2,21,25)(H2,22,26). The van der Waals surface area contributed by atoms with Crippen molar-refractivity contribution in [1.82, 2.24) is 0 Å². The number of hydrogen-bond donors (Lipinski definition) is 4. The highest BCUT2D eigenvalue weighted by Crippen LogP contribution is 2.25. The number of benzene rings is 2. The molecule has 2 rings (SSSR count). The van der Waals surface area contributed by atoms with Gasteiger partial charge in [-0.2, -0.15) is 0 Å². The molecule has 2 aromatic carbocycles. The second-order valence-corrected chi connectivity index (χ2v) is 6.39. The van der Waals surface area contributed by atoms with Gasteiger partial charge < -0.3 is 21.7 Å². The fraction of sp³-hybridized carbons (Fsp3) is 0.300. The Kier molecular flexibility index (Phi) is 6.74. The maximum Gasteiger partial charge on any atom is 0.252 e. The van der Waals surface area contributed by atoms with Crippen molar-refractivity contribution in [2.24, 2.45) is 17.4 Å². The quantitative estimate of drug-likeness (QED) is 0.543. The molecular weight excluding hydrogens is 332 g/mol. The number of nitrogens with two attached hydrogens (primary N) is 2. The molecule has 0 radical (unpaired) electrons. The van der Waals surface area contributed by atoms with Gasteiger partial charge >= 0.3 is 0 Å². The van der Waals surface area contributed by atoms with Crippen molar-refractivity contribution < 1.29 is 19.8 Å². The van der Waals surface area contributed by atoms with E-state index >= 15 is 0 Å². The SMILES string of the molecule is NC(=O)c1c(O)cccc1CC(CC(O)CCc1ccccc1)C(N)=O. The molecule has 0 aliphatic rings. The summed E-state index contributed by atoms with van der Waals surface area (Å²) in [4.78, 5) is 23.4. The topological polar surface area (TPSA) is 127 Å². The first-order valence-electron chi connectivity index (χ1n) is 8.50. The van der Waals surface area contributed by atoms with Gasteiger partial charge in [0.05, 0.1) is 11.7 Å². The molecule has 0 heterocycles. The molecule has 0 aromatic heterocycles. The average molecular weight is 356 g/mol. The second-order valence-electron chi connectivity index (χ2n) is 6.39. The van der Waals surface area contributed by atoms with Crippen LogP contribution in [0.1, 0.15) is 34.3 Å². The molecule has 2 unspecified atom stereocenters. The summed E-state index contributed by atoms with van der Waals surface area (Å²) < 4.78 is 0. The number of hydrogen-bond acceptors (Lipinski definition) is 4. The number of aryl methyl sites for hydroxylation is 1. The van der Waals surface area contributed by atoms with E-state index in [2.05, 4.69) is 0 Å². The summed E-state index contributed by atoms with van der Waals surface area (Å²) in [6, 6.07) is 14.3. The molecule has 0 aliphatic heterocycles. The van der Waals surface area contributed by atoms with Gasteiger partial charge in [-0.15, -0.1) is 0 Å². The summed E-state index contributed by atoms with van der Waals surface area (Å²) in [6.07, 6.45) is 0.783. The minimum absolute atomic E-state index is 0.0162. The van der Waals surface area contributed by atoms with Crippen molar-refractivity contribution in [2.45, 2.75) is 31.8 Å². The molecule has 0 spiro atoms. The molecule has 6 N–H and O–H groups in total. The van der Waals surface area contributed by atoms with E-state index in [1.165, 1.54) is 6.07 Å². The van der Waals surface area contributed by atoms with Gasteiger partial charge in [0.2, 0.25) is 5.91 Å². The van der Waals surface area contributed by atoms with E-state index in [1.807, 2.05) is 30.3 Å². The fourth-order valence-corrected chi connectivity index (χ4v) is 3.03. The molecule has 0 saturated heterocycles. The minimum atomic E-state index is -0.772.